The first-order chi connectivity index (χ1) is 9.66. The zero-order chi connectivity index (χ0) is 16.3. The summed E-state index contributed by atoms with van der Waals surface area (Å²) in [6.45, 7) is 11.7. The van der Waals surface area contributed by atoms with Crippen molar-refractivity contribution in [2.45, 2.75) is 65.8 Å². The molecule has 122 valence electrons. The van der Waals surface area contributed by atoms with Crippen molar-refractivity contribution < 1.29 is 14.7 Å². The molecule has 0 aliphatic carbocycles. The van der Waals surface area contributed by atoms with Crippen molar-refractivity contribution in [1.29, 1.82) is 0 Å². The van der Waals surface area contributed by atoms with E-state index in [0.29, 0.717) is 31.8 Å². The van der Waals surface area contributed by atoms with Crippen LogP contribution in [0.5, 0.6) is 0 Å². The molecule has 5 heteroatoms. The summed E-state index contributed by atoms with van der Waals surface area (Å²) in [4.78, 5) is 25.6. The van der Waals surface area contributed by atoms with Crippen molar-refractivity contribution in [1.82, 2.24) is 10.2 Å². The Morgan fingerprint density at radius 3 is 1.95 bits per heavy atom. The summed E-state index contributed by atoms with van der Waals surface area (Å²) in [5.41, 5.74) is -0.877. The average molecular weight is 298 g/mol. The first kappa shape index (κ1) is 17.8. The molecule has 21 heavy (non-hydrogen) atoms. The lowest BCUT2D eigenvalue weighted by Crippen LogP contribution is -2.58. The molecule has 0 saturated carbocycles. The highest BCUT2D eigenvalue weighted by Crippen LogP contribution is 2.34. The van der Waals surface area contributed by atoms with Gasteiger partial charge in [0.05, 0.1) is 0 Å². The predicted octanol–water partition coefficient (Wildman–Crippen LogP) is 3.10. The van der Waals surface area contributed by atoms with Crippen LogP contribution in [0, 0.1) is 11.3 Å². The van der Waals surface area contributed by atoms with Gasteiger partial charge in [0.2, 0.25) is 0 Å². The molecule has 1 aliphatic rings. The maximum Gasteiger partial charge on any atom is 0.329 e. The molecule has 5 nitrogen and oxygen atoms in total. The summed E-state index contributed by atoms with van der Waals surface area (Å²) < 4.78 is 0. The number of hydrogen-bond donors (Lipinski definition) is 2. The fourth-order valence-electron chi connectivity index (χ4n) is 3.02. The highest BCUT2D eigenvalue weighted by molar-refractivity contribution is 5.86. The van der Waals surface area contributed by atoms with Crippen LogP contribution in [0.2, 0.25) is 0 Å². The number of hydrogen-bond acceptors (Lipinski definition) is 2. The lowest BCUT2D eigenvalue weighted by atomic mass is 9.75. The standard InChI is InChI=1S/C16H30N2O3/c1-6-16(7-2,13(19)20)17-14(21)18-10-8-12(9-11-18)15(3,4)5/h12H,6-11H2,1-5H3,(H,17,21)(H,19,20). The van der Waals surface area contributed by atoms with Crippen molar-refractivity contribution in [2.24, 2.45) is 11.3 Å². The van der Waals surface area contributed by atoms with E-state index in [4.69, 9.17) is 0 Å². The monoisotopic (exact) mass is 298 g/mol. The Morgan fingerprint density at radius 2 is 1.62 bits per heavy atom. The lowest BCUT2D eigenvalue weighted by Gasteiger charge is -2.40. The number of rotatable bonds is 4. The third kappa shape index (κ3) is 4.11. The van der Waals surface area contributed by atoms with E-state index in [0.717, 1.165) is 12.8 Å². The number of amides is 2. The van der Waals surface area contributed by atoms with E-state index in [1.807, 2.05) is 0 Å². The Bertz CT molecular complexity index is 375. The van der Waals surface area contributed by atoms with Crippen LogP contribution >= 0.6 is 0 Å². The van der Waals surface area contributed by atoms with Gasteiger partial charge in [-0.15, -0.1) is 0 Å². The first-order valence-electron chi connectivity index (χ1n) is 7.96. The molecule has 0 unspecified atom stereocenters. The van der Waals surface area contributed by atoms with Gasteiger partial charge in [0.25, 0.3) is 0 Å². The summed E-state index contributed by atoms with van der Waals surface area (Å²) in [5, 5.41) is 12.1. The minimum absolute atomic E-state index is 0.242. The van der Waals surface area contributed by atoms with Crippen LogP contribution < -0.4 is 5.32 Å². The van der Waals surface area contributed by atoms with Gasteiger partial charge in [0.1, 0.15) is 5.54 Å². The van der Waals surface area contributed by atoms with Gasteiger partial charge in [-0.3, -0.25) is 0 Å². The zero-order valence-corrected chi connectivity index (χ0v) is 14.0. The van der Waals surface area contributed by atoms with Gasteiger partial charge in [-0.25, -0.2) is 9.59 Å². The summed E-state index contributed by atoms with van der Waals surface area (Å²) in [5.74, 6) is -0.339. The topological polar surface area (TPSA) is 69.6 Å². The molecule has 0 atom stereocenters. The molecule has 2 N–H and O–H groups in total. The van der Waals surface area contributed by atoms with Gasteiger partial charge >= 0.3 is 12.0 Å². The predicted molar refractivity (Wildman–Crippen MR) is 83.2 cm³/mol. The maximum atomic E-state index is 12.3. The van der Waals surface area contributed by atoms with Crippen LogP contribution in [0.15, 0.2) is 0 Å². The highest BCUT2D eigenvalue weighted by Gasteiger charge is 2.38. The maximum absolute atomic E-state index is 12.3. The third-order valence-corrected chi connectivity index (χ3v) is 4.97. The highest BCUT2D eigenvalue weighted by atomic mass is 16.4. The van der Waals surface area contributed by atoms with Crippen LogP contribution in [-0.2, 0) is 4.79 Å². The molecule has 1 rings (SSSR count). The van der Waals surface area contributed by atoms with Gasteiger partial charge in [-0.05, 0) is 37.0 Å². The minimum Gasteiger partial charge on any atom is -0.480 e. The van der Waals surface area contributed by atoms with Crippen molar-refractivity contribution >= 4 is 12.0 Å². The SMILES string of the molecule is CCC(CC)(NC(=O)N1CCC(C(C)(C)C)CC1)C(=O)O. The van der Waals surface area contributed by atoms with Crippen molar-refractivity contribution in [3.8, 4) is 0 Å². The Kier molecular flexibility index (Phi) is 5.65. The fourth-order valence-corrected chi connectivity index (χ4v) is 3.02. The van der Waals surface area contributed by atoms with Crippen LogP contribution in [0.3, 0.4) is 0 Å². The second kappa shape index (κ2) is 6.67. The first-order valence-corrected chi connectivity index (χ1v) is 7.96. The Morgan fingerprint density at radius 1 is 1.14 bits per heavy atom. The summed E-state index contributed by atoms with van der Waals surface area (Å²) in [6.07, 6.45) is 2.75. The Labute approximate surface area is 128 Å². The molecule has 0 aromatic carbocycles. The largest absolute Gasteiger partial charge is 0.480 e. The molecular weight excluding hydrogens is 268 g/mol. The normalized spacial score (nSPS) is 17.7. The third-order valence-electron chi connectivity index (χ3n) is 4.97. The van der Waals surface area contributed by atoms with E-state index in [2.05, 4.69) is 26.1 Å². The van der Waals surface area contributed by atoms with Crippen molar-refractivity contribution in [2.75, 3.05) is 13.1 Å². The molecule has 0 bridgehead atoms. The lowest BCUT2D eigenvalue weighted by molar-refractivity contribution is -0.144. The van der Waals surface area contributed by atoms with Crippen molar-refractivity contribution in [3.05, 3.63) is 0 Å². The van der Waals surface area contributed by atoms with E-state index >= 15 is 0 Å². The number of aliphatic carboxylic acids is 1. The molecule has 0 aromatic heterocycles. The zero-order valence-electron chi connectivity index (χ0n) is 14.0. The van der Waals surface area contributed by atoms with Gasteiger partial charge in [0.15, 0.2) is 0 Å². The molecular formula is C16H30N2O3. The quantitative estimate of drug-likeness (QED) is 0.838. The fraction of sp³-hybridized carbons (Fsp3) is 0.875. The second-order valence-corrected chi connectivity index (χ2v) is 7.15. The minimum atomic E-state index is -1.14. The van der Waals surface area contributed by atoms with Crippen molar-refractivity contribution in [3.63, 3.8) is 0 Å². The number of carbonyl (C=O) groups excluding carboxylic acids is 1. The Hall–Kier alpha value is -1.26. The van der Waals surface area contributed by atoms with E-state index in [1.54, 1.807) is 18.7 Å². The number of carboxylic acids is 1. The van der Waals surface area contributed by atoms with Crippen LogP contribution in [0.1, 0.15) is 60.3 Å². The van der Waals surface area contributed by atoms with E-state index in [1.165, 1.54) is 0 Å². The number of urea groups is 1. The van der Waals surface area contributed by atoms with E-state index in [-0.39, 0.29) is 11.4 Å². The van der Waals surface area contributed by atoms with Gasteiger partial charge in [-0.1, -0.05) is 34.6 Å². The molecule has 0 radical (unpaired) electrons. The van der Waals surface area contributed by atoms with Crippen LogP contribution in [-0.4, -0.2) is 40.6 Å². The van der Waals surface area contributed by atoms with Crippen LogP contribution in [0.25, 0.3) is 0 Å². The number of likely N-dealkylation sites (tertiary alicyclic amines) is 1. The molecule has 2 amide bonds. The number of nitrogens with zero attached hydrogens (tertiary/aromatic N) is 1. The van der Waals surface area contributed by atoms with Crippen LogP contribution in [0.4, 0.5) is 4.79 Å². The molecule has 0 aromatic rings. The smallest absolute Gasteiger partial charge is 0.329 e. The number of carbonyl (C=O) groups is 2. The molecule has 1 saturated heterocycles. The van der Waals surface area contributed by atoms with Gasteiger partial charge < -0.3 is 15.3 Å². The molecule has 1 heterocycles. The number of piperidine rings is 1. The average Bonchev–Trinajstić information content (AvgIpc) is 2.43. The second-order valence-electron chi connectivity index (χ2n) is 7.15. The summed E-state index contributed by atoms with van der Waals surface area (Å²) >= 11 is 0. The molecule has 0 spiro atoms. The number of carboxylic acid groups (broad SMARTS) is 1. The summed E-state index contributed by atoms with van der Waals surface area (Å²) in [7, 11) is 0. The van der Waals surface area contributed by atoms with Gasteiger partial charge in [0, 0.05) is 13.1 Å². The Balaban J connectivity index is 2.64. The van der Waals surface area contributed by atoms with E-state index < -0.39 is 11.5 Å². The summed E-state index contributed by atoms with van der Waals surface area (Å²) in [6, 6.07) is -0.242. The number of nitrogens with one attached hydrogen (secondary N) is 1. The molecule has 1 aliphatic heterocycles. The van der Waals surface area contributed by atoms with Gasteiger partial charge in [-0.2, -0.15) is 0 Å². The molecule has 1 fully saturated rings. The van der Waals surface area contributed by atoms with E-state index in [9.17, 15) is 14.7 Å².